The molecule has 1 aliphatic rings. The van der Waals surface area contributed by atoms with Gasteiger partial charge in [0.2, 0.25) is 5.91 Å². The van der Waals surface area contributed by atoms with E-state index in [9.17, 15) is 14.4 Å². The molecule has 20 heavy (non-hydrogen) atoms. The van der Waals surface area contributed by atoms with Crippen molar-refractivity contribution in [2.45, 2.75) is 18.9 Å². The van der Waals surface area contributed by atoms with Gasteiger partial charge in [-0.3, -0.25) is 9.59 Å². The van der Waals surface area contributed by atoms with Crippen LogP contribution in [0.3, 0.4) is 0 Å². The van der Waals surface area contributed by atoms with Gasteiger partial charge in [-0.1, -0.05) is 0 Å². The Morgan fingerprint density at radius 1 is 1.40 bits per heavy atom. The molecule has 0 aliphatic carbocycles. The normalized spacial score (nSPS) is 18.5. The van der Waals surface area contributed by atoms with Crippen molar-refractivity contribution in [3.05, 3.63) is 0 Å². The smallest absolute Gasteiger partial charge is 0.317 e. The highest BCUT2D eigenvalue weighted by Crippen LogP contribution is 2.08. The highest BCUT2D eigenvalue weighted by atomic mass is 16.5. The zero-order chi connectivity index (χ0) is 15.1. The van der Waals surface area contributed by atoms with Gasteiger partial charge in [0, 0.05) is 40.2 Å². The molecule has 1 aliphatic heterocycles. The first-order valence-corrected chi connectivity index (χ1v) is 6.46. The SMILES string of the molecule is CN(C)C(=O)CCNC(=O)N1CCOC(CC(=O)O)C1. The van der Waals surface area contributed by atoms with Gasteiger partial charge in [0.1, 0.15) is 0 Å². The molecule has 0 aromatic carbocycles. The maximum atomic E-state index is 11.9. The minimum atomic E-state index is -0.950. The minimum Gasteiger partial charge on any atom is -0.481 e. The van der Waals surface area contributed by atoms with Gasteiger partial charge in [0.25, 0.3) is 0 Å². The highest BCUT2D eigenvalue weighted by Gasteiger charge is 2.25. The van der Waals surface area contributed by atoms with Gasteiger partial charge in [0.15, 0.2) is 0 Å². The first-order valence-electron chi connectivity index (χ1n) is 6.46. The number of rotatable bonds is 5. The van der Waals surface area contributed by atoms with E-state index in [-0.39, 0.29) is 37.9 Å². The van der Waals surface area contributed by atoms with Crippen LogP contribution in [0.15, 0.2) is 0 Å². The van der Waals surface area contributed by atoms with Gasteiger partial charge in [-0.2, -0.15) is 0 Å². The second-order valence-corrected chi connectivity index (χ2v) is 4.81. The number of nitrogens with zero attached hydrogens (tertiary/aromatic N) is 2. The van der Waals surface area contributed by atoms with Crippen LogP contribution in [0, 0.1) is 0 Å². The molecule has 1 saturated heterocycles. The molecular weight excluding hydrogens is 266 g/mol. The molecular formula is C12H21N3O5. The van der Waals surface area contributed by atoms with Crippen LogP contribution < -0.4 is 5.32 Å². The van der Waals surface area contributed by atoms with E-state index in [4.69, 9.17) is 9.84 Å². The fraction of sp³-hybridized carbons (Fsp3) is 0.750. The van der Waals surface area contributed by atoms with E-state index >= 15 is 0 Å². The molecule has 0 aromatic heterocycles. The molecule has 2 N–H and O–H groups in total. The Balaban J connectivity index is 2.32. The molecule has 8 heteroatoms. The van der Waals surface area contributed by atoms with E-state index in [1.807, 2.05) is 0 Å². The van der Waals surface area contributed by atoms with Crippen LogP contribution in [0.5, 0.6) is 0 Å². The van der Waals surface area contributed by atoms with Gasteiger partial charge in [-0.05, 0) is 0 Å². The van der Waals surface area contributed by atoms with Crippen LogP contribution >= 0.6 is 0 Å². The predicted molar refractivity (Wildman–Crippen MR) is 70.3 cm³/mol. The van der Waals surface area contributed by atoms with Crippen molar-refractivity contribution >= 4 is 17.9 Å². The van der Waals surface area contributed by atoms with Crippen molar-refractivity contribution in [2.75, 3.05) is 40.3 Å². The Bertz CT molecular complexity index is 372. The quantitative estimate of drug-likeness (QED) is 0.700. The molecule has 0 bridgehead atoms. The molecule has 1 heterocycles. The van der Waals surface area contributed by atoms with E-state index in [0.29, 0.717) is 13.2 Å². The molecule has 114 valence electrons. The molecule has 0 spiro atoms. The molecule has 1 atom stereocenters. The lowest BCUT2D eigenvalue weighted by atomic mass is 10.2. The van der Waals surface area contributed by atoms with Crippen LogP contribution in [0.25, 0.3) is 0 Å². The number of hydrogen-bond acceptors (Lipinski definition) is 4. The van der Waals surface area contributed by atoms with Gasteiger partial charge in [-0.25, -0.2) is 4.79 Å². The fourth-order valence-corrected chi connectivity index (χ4v) is 1.83. The van der Waals surface area contributed by atoms with Gasteiger partial charge in [-0.15, -0.1) is 0 Å². The van der Waals surface area contributed by atoms with E-state index in [0.717, 1.165) is 0 Å². The average Bonchev–Trinajstić information content (AvgIpc) is 2.37. The van der Waals surface area contributed by atoms with Gasteiger partial charge < -0.3 is 25.0 Å². The van der Waals surface area contributed by atoms with Crippen LogP contribution in [0.2, 0.25) is 0 Å². The monoisotopic (exact) mass is 287 g/mol. The molecule has 0 aromatic rings. The summed E-state index contributed by atoms with van der Waals surface area (Å²) >= 11 is 0. The number of urea groups is 1. The third-order valence-corrected chi connectivity index (χ3v) is 2.94. The summed E-state index contributed by atoms with van der Waals surface area (Å²) in [5, 5.41) is 11.4. The number of amides is 3. The maximum Gasteiger partial charge on any atom is 0.317 e. The highest BCUT2D eigenvalue weighted by molar-refractivity contribution is 5.78. The summed E-state index contributed by atoms with van der Waals surface area (Å²) in [5.74, 6) is -1.01. The lowest BCUT2D eigenvalue weighted by Crippen LogP contribution is -2.50. The number of carboxylic acids is 1. The second kappa shape index (κ2) is 7.68. The molecule has 0 radical (unpaired) electrons. The van der Waals surface area contributed by atoms with Crippen molar-refractivity contribution in [1.82, 2.24) is 15.1 Å². The van der Waals surface area contributed by atoms with E-state index < -0.39 is 12.1 Å². The summed E-state index contributed by atoms with van der Waals surface area (Å²) in [6.45, 7) is 1.25. The first-order chi connectivity index (χ1) is 9.40. The number of carbonyl (C=O) groups is 3. The zero-order valence-corrected chi connectivity index (χ0v) is 11.8. The van der Waals surface area contributed by atoms with Crippen molar-refractivity contribution < 1.29 is 24.2 Å². The van der Waals surface area contributed by atoms with Crippen molar-refractivity contribution in [3.63, 3.8) is 0 Å². The maximum absolute atomic E-state index is 11.9. The number of morpholine rings is 1. The Labute approximate surface area is 117 Å². The number of carbonyl (C=O) groups excluding carboxylic acids is 2. The number of ether oxygens (including phenoxy) is 1. The van der Waals surface area contributed by atoms with Crippen LogP contribution in [0.4, 0.5) is 4.79 Å². The Morgan fingerprint density at radius 3 is 2.70 bits per heavy atom. The zero-order valence-electron chi connectivity index (χ0n) is 11.8. The second-order valence-electron chi connectivity index (χ2n) is 4.81. The van der Waals surface area contributed by atoms with Crippen LogP contribution in [-0.4, -0.2) is 79.3 Å². The van der Waals surface area contributed by atoms with E-state index in [2.05, 4.69) is 5.32 Å². The molecule has 0 saturated carbocycles. The third kappa shape index (κ3) is 5.43. The van der Waals surface area contributed by atoms with Gasteiger partial charge >= 0.3 is 12.0 Å². The summed E-state index contributed by atoms with van der Waals surface area (Å²) in [4.78, 5) is 36.8. The first kappa shape index (κ1) is 16.2. The largest absolute Gasteiger partial charge is 0.481 e. The van der Waals surface area contributed by atoms with E-state index in [1.54, 1.807) is 14.1 Å². The number of aliphatic carboxylic acids is 1. The molecule has 8 nitrogen and oxygen atoms in total. The molecule has 1 fully saturated rings. The molecule has 3 amide bonds. The lowest BCUT2D eigenvalue weighted by Gasteiger charge is -2.32. The third-order valence-electron chi connectivity index (χ3n) is 2.94. The van der Waals surface area contributed by atoms with Gasteiger partial charge in [0.05, 0.1) is 19.1 Å². The molecule has 1 unspecified atom stereocenters. The van der Waals surface area contributed by atoms with Crippen molar-refractivity contribution in [2.24, 2.45) is 0 Å². The summed E-state index contributed by atoms with van der Waals surface area (Å²) in [7, 11) is 3.31. The predicted octanol–water partition coefficient (Wildman–Crippen LogP) is -0.650. The fourth-order valence-electron chi connectivity index (χ4n) is 1.83. The number of hydrogen-bond donors (Lipinski definition) is 2. The topological polar surface area (TPSA) is 99.2 Å². The van der Waals surface area contributed by atoms with Crippen LogP contribution in [-0.2, 0) is 14.3 Å². The van der Waals surface area contributed by atoms with Crippen molar-refractivity contribution in [1.29, 1.82) is 0 Å². The number of carboxylic acid groups (broad SMARTS) is 1. The lowest BCUT2D eigenvalue weighted by molar-refractivity contribution is -0.141. The Morgan fingerprint density at radius 2 is 2.10 bits per heavy atom. The summed E-state index contributed by atoms with van der Waals surface area (Å²) < 4.78 is 5.28. The standard InChI is InChI=1S/C12H21N3O5/c1-14(2)10(16)3-4-13-12(19)15-5-6-20-9(8-15)7-11(17)18/h9H,3-8H2,1-2H3,(H,13,19)(H,17,18). The van der Waals surface area contributed by atoms with E-state index in [1.165, 1.54) is 9.80 Å². The molecule has 1 rings (SSSR count). The Hall–Kier alpha value is -1.83. The van der Waals surface area contributed by atoms with Crippen LogP contribution in [0.1, 0.15) is 12.8 Å². The summed E-state index contributed by atoms with van der Waals surface area (Å²) in [6, 6.07) is -0.296. The summed E-state index contributed by atoms with van der Waals surface area (Å²) in [6.07, 6.45) is -0.361. The average molecular weight is 287 g/mol. The summed E-state index contributed by atoms with van der Waals surface area (Å²) in [5.41, 5.74) is 0. The Kier molecular flexibility index (Phi) is 6.23. The number of nitrogens with one attached hydrogen (secondary N) is 1. The van der Waals surface area contributed by atoms with Crippen molar-refractivity contribution in [3.8, 4) is 0 Å². The minimum absolute atomic E-state index is 0.0592.